The van der Waals surface area contributed by atoms with Crippen molar-refractivity contribution in [3.63, 3.8) is 0 Å². The normalized spacial score (nSPS) is 20.4. The van der Waals surface area contributed by atoms with Gasteiger partial charge in [0.05, 0.1) is 10.6 Å². The van der Waals surface area contributed by atoms with Crippen LogP contribution in [0.15, 0.2) is 27.9 Å². The molecule has 1 N–H and O–H groups in total. The first-order valence-corrected chi connectivity index (χ1v) is 12.1. The van der Waals surface area contributed by atoms with Gasteiger partial charge in [-0.05, 0) is 69.1 Å². The van der Waals surface area contributed by atoms with Crippen LogP contribution in [0.5, 0.6) is 0 Å². The molecule has 1 aromatic heterocycles. The number of fused-ring (bicyclic) bond motifs is 1. The molecule has 0 saturated carbocycles. The lowest BCUT2D eigenvalue weighted by Crippen LogP contribution is -2.42. The average molecular weight is 416 g/mol. The summed E-state index contributed by atoms with van der Waals surface area (Å²) in [6.45, 7) is 4.54. The zero-order valence-electron chi connectivity index (χ0n) is 17.2. The molecule has 1 saturated heterocycles. The monoisotopic (exact) mass is 415 g/mol. The molecule has 1 aromatic carbocycles. The van der Waals surface area contributed by atoms with Crippen LogP contribution in [-0.4, -0.2) is 35.5 Å². The molecule has 4 rings (SSSR count). The summed E-state index contributed by atoms with van der Waals surface area (Å²) in [4.78, 5) is 12.6. The van der Waals surface area contributed by atoms with E-state index in [-0.39, 0.29) is 11.6 Å². The standard InChI is InChI=1S/C22H29N3O3S/c1-3-16-11-12-17(21-18-9-4-5-10-19(18)22(26)24-23-21)14-20(16)29(27,28)25-13-7-6-8-15(25)2/h11-12,14-15H,3-10,13H2,1-2H3,(H,24,26). The van der Waals surface area contributed by atoms with Gasteiger partial charge in [0, 0.05) is 23.7 Å². The maximum atomic E-state index is 13.6. The van der Waals surface area contributed by atoms with E-state index in [1.807, 2.05) is 26.0 Å². The van der Waals surface area contributed by atoms with E-state index in [1.54, 1.807) is 10.4 Å². The summed E-state index contributed by atoms with van der Waals surface area (Å²) < 4.78 is 28.8. The molecule has 156 valence electrons. The molecule has 0 bridgehead atoms. The van der Waals surface area contributed by atoms with Gasteiger partial charge in [0.15, 0.2) is 0 Å². The topological polar surface area (TPSA) is 83.1 Å². The molecule has 7 heteroatoms. The number of H-pyrrole nitrogens is 1. The van der Waals surface area contributed by atoms with Crippen molar-refractivity contribution in [3.8, 4) is 11.3 Å². The van der Waals surface area contributed by atoms with Gasteiger partial charge < -0.3 is 0 Å². The second-order valence-electron chi connectivity index (χ2n) is 8.20. The summed E-state index contributed by atoms with van der Waals surface area (Å²) in [7, 11) is -3.58. The molecule has 1 atom stereocenters. The fourth-order valence-corrected chi connectivity index (χ4v) is 6.71. The van der Waals surface area contributed by atoms with Gasteiger partial charge in [0.2, 0.25) is 10.0 Å². The minimum atomic E-state index is -3.58. The number of aromatic nitrogens is 2. The highest BCUT2D eigenvalue weighted by Crippen LogP contribution is 2.33. The summed E-state index contributed by atoms with van der Waals surface area (Å²) in [6, 6.07) is 5.62. The van der Waals surface area contributed by atoms with E-state index in [1.165, 1.54) is 0 Å². The number of aryl methyl sites for hydroxylation is 1. The molecule has 1 aliphatic heterocycles. The highest BCUT2D eigenvalue weighted by atomic mass is 32.2. The van der Waals surface area contributed by atoms with E-state index < -0.39 is 10.0 Å². The zero-order chi connectivity index (χ0) is 20.6. The van der Waals surface area contributed by atoms with Crippen LogP contribution in [0.2, 0.25) is 0 Å². The Balaban J connectivity index is 1.84. The zero-order valence-corrected chi connectivity index (χ0v) is 18.0. The number of nitrogens with one attached hydrogen (secondary N) is 1. The predicted molar refractivity (Wildman–Crippen MR) is 114 cm³/mol. The number of rotatable bonds is 4. The fourth-order valence-electron chi connectivity index (χ4n) is 4.69. The molecular weight excluding hydrogens is 386 g/mol. The molecular formula is C22H29N3O3S. The average Bonchev–Trinajstić information content (AvgIpc) is 2.74. The van der Waals surface area contributed by atoms with Gasteiger partial charge in [-0.1, -0.05) is 25.5 Å². The van der Waals surface area contributed by atoms with Gasteiger partial charge in [-0.15, -0.1) is 0 Å². The Kier molecular flexibility index (Phi) is 5.62. The van der Waals surface area contributed by atoms with Gasteiger partial charge in [-0.2, -0.15) is 9.40 Å². The van der Waals surface area contributed by atoms with Crippen molar-refractivity contribution in [2.45, 2.75) is 76.2 Å². The van der Waals surface area contributed by atoms with Crippen molar-refractivity contribution in [2.75, 3.05) is 6.54 Å². The molecule has 6 nitrogen and oxygen atoms in total. The quantitative estimate of drug-likeness (QED) is 0.829. The van der Waals surface area contributed by atoms with E-state index in [4.69, 9.17) is 0 Å². The minimum Gasteiger partial charge on any atom is -0.268 e. The van der Waals surface area contributed by atoms with Gasteiger partial charge in [-0.3, -0.25) is 4.79 Å². The molecule has 2 heterocycles. The molecule has 2 aromatic rings. The van der Waals surface area contributed by atoms with Crippen LogP contribution in [-0.2, 0) is 29.3 Å². The van der Waals surface area contributed by atoms with Crippen LogP contribution in [0.3, 0.4) is 0 Å². The lowest BCUT2D eigenvalue weighted by molar-refractivity contribution is 0.268. The summed E-state index contributed by atoms with van der Waals surface area (Å²) in [6.07, 6.45) is 7.10. The molecule has 1 fully saturated rings. The van der Waals surface area contributed by atoms with Gasteiger partial charge in [0.25, 0.3) is 5.56 Å². The molecule has 0 amide bonds. The Morgan fingerprint density at radius 3 is 2.62 bits per heavy atom. The Morgan fingerprint density at radius 1 is 1.14 bits per heavy atom. The Morgan fingerprint density at radius 2 is 1.90 bits per heavy atom. The third-order valence-corrected chi connectivity index (χ3v) is 8.44. The largest absolute Gasteiger partial charge is 0.268 e. The minimum absolute atomic E-state index is 0.0149. The number of aromatic amines is 1. The number of hydrogen-bond acceptors (Lipinski definition) is 4. The lowest BCUT2D eigenvalue weighted by atomic mass is 9.89. The molecule has 0 radical (unpaired) electrons. The van der Waals surface area contributed by atoms with Gasteiger partial charge in [-0.25, -0.2) is 13.5 Å². The summed E-state index contributed by atoms with van der Waals surface area (Å²) in [5.74, 6) is 0. The van der Waals surface area contributed by atoms with Crippen molar-refractivity contribution in [2.24, 2.45) is 0 Å². The van der Waals surface area contributed by atoms with Crippen molar-refractivity contribution in [1.82, 2.24) is 14.5 Å². The molecule has 29 heavy (non-hydrogen) atoms. The smallest absolute Gasteiger partial charge is 0.267 e. The van der Waals surface area contributed by atoms with E-state index in [0.717, 1.165) is 67.2 Å². The number of nitrogens with zero attached hydrogens (tertiary/aromatic N) is 2. The summed E-state index contributed by atoms with van der Waals surface area (Å²) in [5.41, 5.74) is 3.95. The Bertz CT molecular complexity index is 1080. The van der Waals surface area contributed by atoms with Crippen molar-refractivity contribution >= 4 is 10.0 Å². The number of sulfonamides is 1. The Labute approximate surface area is 172 Å². The van der Waals surface area contributed by atoms with Crippen LogP contribution in [0.1, 0.15) is 62.6 Å². The highest BCUT2D eigenvalue weighted by Gasteiger charge is 2.33. The first-order valence-electron chi connectivity index (χ1n) is 10.7. The maximum Gasteiger partial charge on any atom is 0.267 e. The highest BCUT2D eigenvalue weighted by molar-refractivity contribution is 7.89. The third kappa shape index (κ3) is 3.66. The van der Waals surface area contributed by atoms with E-state index in [2.05, 4.69) is 10.2 Å². The number of piperidine rings is 1. The summed E-state index contributed by atoms with van der Waals surface area (Å²) in [5, 5.41) is 6.94. The number of hydrogen-bond donors (Lipinski definition) is 1. The van der Waals surface area contributed by atoms with Crippen molar-refractivity contribution in [3.05, 3.63) is 45.2 Å². The lowest BCUT2D eigenvalue weighted by Gasteiger charge is -2.33. The van der Waals surface area contributed by atoms with Crippen LogP contribution in [0.25, 0.3) is 11.3 Å². The van der Waals surface area contributed by atoms with Crippen LogP contribution in [0.4, 0.5) is 0 Å². The van der Waals surface area contributed by atoms with Crippen LogP contribution < -0.4 is 5.56 Å². The van der Waals surface area contributed by atoms with E-state index >= 15 is 0 Å². The van der Waals surface area contributed by atoms with Crippen LogP contribution in [0, 0.1) is 0 Å². The maximum absolute atomic E-state index is 13.6. The van der Waals surface area contributed by atoms with E-state index in [9.17, 15) is 13.2 Å². The Hall–Kier alpha value is -1.99. The first-order chi connectivity index (χ1) is 13.9. The molecule has 2 aliphatic rings. The molecule has 1 aliphatic carbocycles. The van der Waals surface area contributed by atoms with E-state index in [0.29, 0.717) is 23.6 Å². The first kappa shape index (κ1) is 20.3. The van der Waals surface area contributed by atoms with Crippen molar-refractivity contribution < 1.29 is 8.42 Å². The molecule has 0 spiro atoms. The summed E-state index contributed by atoms with van der Waals surface area (Å²) >= 11 is 0. The second kappa shape index (κ2) is 8.03. The number of benzene rings is 1. The molecule has 1 unspecified atom stereocenters. The van der Waals surface area contributed by atoms with Crippen LogP contribution >= 0.6 is 0 Å². The fraction of sp³-hybridized carbons (Fsp3) is 0.545. The second-order valence-corrected chi connectivity index (χ2v) is 10.1. The van der Waals surface area contributed by atoms with Crippen molar-refractivity contribution in [1.29, 1.82) is 0 Å². The van der Waals surface area contributed by atoms with Gasteiger partial charge >= 0.3 is 0 Å². The van der Waals surface area contributed by atoms with Gasteiger partial charge in [0.1, 0.15) is 0 Å². The SMILES string of the molecule is CCc1ccc(-c2n[nH]c(=O)c3c2CCCC3)cc1S(=O)(=O)N1CCCCC1C. The third-order valence-electron chi connectivity index (χ3n) is 6.35. The predicted octanol–water partition coefficient (Wildman–Crippen LogP) is 3.44.